The van der Waals surface area contributed by atoms with Crippen molar-refractivity contribution < 1.29 is 9.47 Å². The van der Waals surface area contributed by atoms with Crippen molar-refractivity contribution in [1.82, 2.24) is 4.90 Å². The molecule has 0 N–H and O–H groups in total. The van der Waals surface area contributed by atoms with Gasteiger partial charge in [-0.3, -0.25) is 4.90 Å². The summed E-state index contributed by atoms with van der Waals surface area (Å²) in [5.74, 6) is 2.94. The van der Waals surface area contributed by atoms with E-state index in [0.717, 1.165) is 19.8 Å². The van der Waals surface area contributed by atoms with Crippen molar-refractivity contribution in [3.8, 4) is 0 Å². The second-order valence-electron chi connectivity index (χ2n) is 8.13. The van der Waals surface area contributed by atoms with Crippen molar-refractivity contribution in [3.63, 3.8) is 0 Å². The van der Waals surface area contributed by atoms with Crippen LogP contribution in [0.4, 0.5) is 0 Å². The molecule has 0 aromatic heterocycles. The molecular formula is C18H35NO2. The average molecular weight is 297 g/mol. The van der Waals surface area contributed by atoms with Gasteiger partial charge in [-0.05, 0) is 24.8 Å². The molecule has 0 aromatic carbocycles. The van der Waals surface area contributed by atoms with Crippen molar-refractivity contribution in [3.05, 3.63) is 0 Å². The van der Waals surface area contributed by atoms with Crippen LogP contribution >= 0.6 is 0 Å². The van der Waals surface area contributed by atoms with E-state index in [-0.39, 0.29) is 0 Å². The van der Waals surface area contributed by atoms with E-state index >= 15 is 0 Å². The highest BCUT2D eigenvalue weighted by Crippen LogP contribution is 2.38. The summed E-state index contributed by atoms with van der Waals surface area (Å²) in [7, 11) is 2.31. The molecular weight excluding hydrogens is 262 g/mol. The summed E-state index contributed by atoms with van der Waals surface area (Å²) in [6, 6.07) is 1.08. The van der Waals surface area contributed by atoms with Crippen molar-refractivity contribution in [1.29, 1.82) is 0 Å². The Kier molecular flexibility index (Phi) is 5.72. The molecule has 5 atom stereocenters. The molecule has 21 heavy (non-hydrogen) atoms. The molecule has 0 aromatic rings. The molecule has 3 heteroatoms. The molecule has 0 radical (unpaired) electrons. The van der Waals surface area contributed by atoms with Crippen LogP contribution < -0.4 is 0 Å². The summed E-state index contributed by atoms with van der Waals surface area (Å²) in [6.45, 7) is 16.6. The Morgan fingerprint density at radius 3 is 2.05 bits per heavy atom. The predicted molar refractivity (Wildman–Crippen MR) is 87.4 cm³/mol. The Labute approximate surface area is 131 Å². The number of hydrogen-bond donors (Lipinski definition) is 0. The molecule has 2 aliphatic heterocycles. The van der Waals surface area contributed by atoms with Crippen molar-refractivity contribution in [2.45, 2.75) is 59.7 Å². The predicted octanol–water partition coefficient (Wildman–Crippen LogP) is 3.28. The van der Waals surface area contributed by atoms with Gasteiger partial charge in [0.2, 0.25) is 0 Å². The highest BCUT2D eigenvalue weighted by Gasteiger charge is 2.45. The minimum absolute atomic E-state index is 0.349. The number of nitrogens with zero attached hydrogens (tertiary/aromatic N) is 1. The van der Waals surface area contributed by atoms with Crippen LogP contribution in [0.5, 0.6) is 0 Å². The minimum Gasteiger partial charge on any atom is -0.379 e. The van der Waals surface area contributed by atoms with E-state index in [0.29, 0.717) is 47.8 Å². The molecule has 0 aliphatic carbocycles. The molecule has 2 saturated heterocycles. The first-order chi connectivity index (χ1) is 9.84. The lowest BCUT2D eigenvalue weighted by molar-refractivity contribution is -0.111. The van der Waals surface area contributed by atoms with Crippen LogP contribution in [-0.2, 0) is 9.47 Å². The van der Waals surface area contributed by atoms with E-state index in [1.807, 2.05) is 0 Å². The second-order valence-corrected chi connectivity index (χ2v) is 8.13. The van der Waals surface area contributed by atoms with Crippen LogP contribution in [0.3, 0.4) is 0 Å². The molecule has 0 saturated carbocycles. The molecule has 2 heterocycles. The SMILES string of the molecule is CC(C)C1OCC2COCC2N(C)C(C(C)C)C1C(C)C. The summed E-state index contributed by atoms with van der Waals surface area (Å²) in [6.07, 6.45) is 0.349. The van der Waals surface area contributed by atoms with Crippen molar-refractivity contribution >= 4 is 0 Å². The summed E-state index contributed by atoms with van der Waals surface area (Å²) < 4.78 is 12.2. The third kappa shape index (κ3) is 3.46. The largest absolute Gasteiger partial charge is 0.379 e. The first kappa shape index (κ1) is 17.2. The van der Waals surface area contributed by atoms with Gasteiger partial charge in [0.15, 0.2) is 0 Å². The number of hydrogen-bond acceptors (Lipinski definition) is 3. The van der Waals surface area contributed by atoms with E-state index in [1.54, 1.807) is 0 Å². The highest BCUT2D eigenvalue weighted by molar-refractivity contribution is 4.96. The van der Waals surface area contributed by atoms with Gasteiger partial charge in [-0.1, -0.05) is 41.5 Å². The van der Waals surface area contributed by atoms with Crippen LogP contribution in [0.15, 0.2) is 0 Å². The third-order valence-electron chi connectivity index (χ3n) is 5.54. The smallest absolute Gasteiger partial charge is 0.0643 e. The van der Waals surface area contributed by atoms with Crippen LogP contribution in [-0.4, -0.2) is 50.0 Å². The fourth-order valence-electron chi connectivity index (χ4n) is 4.55. The van der Waals surface area contributed by atoms with Gasteiger partial charge in [-0.25, -0.2) is 0 Å². The van der Waals surface area contributed by atoms with E-state index in [4.69, 9.17) is 9.47 Å². The fraction of sp³-hybridized carbons (Fsp3) is 1.00. The number of fused-ring (bicyclic) bond motifs is 1. The van der Waals surface area contributed by atoms with Gasteiger partial charge in [0.05, 0.1) is 25.9 Å². The van der Waals surface area contributed by atoms with Crippen LogP contribution in [0, 0.1) is 29.6 Å². The van der Waals surface area contributed by atoms with Crippen molar-refractivity contribution in [2.24, 2.45) is 29.6 Å². The molecule has 2 aliphatic rings. The lowest BCUT2D eigenvalue weighted by atomic mass is 9.74. The fourth-order valence-corrected chi connectivity index (χ4v) is 4.55. The maximum atomic E-state index is 6.45. The molecule has 0 spiro atoms. The molecule has 0 amide bonds. The molecule has 124 valence electrons. The first-order valence-electron chi connectivity index (χ1n) is 8.75. The normalized spacial score (nSPS) is 38.9. The zero-order chi connectivity index (χ0) is 15.7. The van der Waals surface area contributed by atoms with Gasteiger partial charge < -0.3 is 9.47 Å². The van der Waals surface area contributed by atoms with E-state index in [9.17, 15) is 0 Å². The topological polar surface area (TPSA) is 21.7 Å². The zero-order valence-electron chi connectivity index (χ0n) is 15.0. The van der Waals surface area contributed by atoms with Crippen LogP contribution in [0.2, 0.25) is 0 Å². The van der Waals surface area contributed by atoms with Crippen molar-refractivity contribution in [2.75, 3.05) is 26.9 Å². The number of ether oxygens (including phenoxy) is 2. The lowest BCUT2D eigenvalue weighted by Crippen LogP contribution is -2.57. The molecule has 5 unspecified atom stereocenters. The molecule has 0 bridgehead atoms. The van der Waals surface area contributed by atoms with Gasteiger partial charge in [0.25, 0.3) is 0 Å². The summed E-state index contributed by atoms with van der Waals surface area (Å²) in [4.78, 5) is 2.63. The Bertz CT molecular complexity index is 329. The van der Waals surface area contributed by atoms with Gasteiger partial charge in [-0.15, -0.1) is 0 Å². The third-order valence-corrected chi connectivity index (χ3v) is 5.54. The maximum Gasteiger partial charge on any atom is 0.0643 e. The Balaban J connectivity index is 2.35. The van der Waals surface area contributed by atoms with Crippen LogP contribution in [0.25, 0.3) is 0 Å². The Morgan fingerprint density at radius 2 is 1.52 bits per heavy atom. The first-order valence-corrected chi connectivity index (χ1v) is 8.75. The van der Waals surface area contributed by atoms with E-state index < -0.39 is 0 Å². The van der Waals surface area contributed by atoms with E-state index in [2.05, 4.69) is 53.5 Å². The van der Waals surface area contributed by atoms with Gasteiger partial charge in [-0.2, -0.15) is 0 Å². The quantitative estimate of drug-likeness (QED) is 0.798. The highest BCUT2D eigenvalue weighted by atomic mass is 16.5. The standard InChI is InChI=1S/C18H35NO2/c1-11(2)16-17(12(3)4)19(7)15-10-20-8-14(15)9-21-18(16)13(5)6/h11-18H,8-10H2,1-7H3. The van der Waals surface area contributed by atoms with Gasteiger partial charge >= 0.3 is 0 Å². The average Bonchev–Trinajstić information content (AvgIpc) is 2.82. The Hall–Kier alpha value is -0.120. The van der Waals surface area contributed by atoms with E-state index in [1.165, 1.54) is 0 Å². The molecule has 2 fully saturated rings. The maximum absolute atomic E-state index is 6.45. The second kappa shape index (κ2) is 6.97. The minimum atomic E-state index is 0.349. The van der Waals surface area contributed by atoms with Gasteiger partial charge in [0.1, 0.15) is 0 Å². The number of rotatable bonds is 3. The lowest BCUT2D eigenvalue weighted by Gasteiger charge is -2.49. The van der Waals surface area contributed by atoms with Crippen LogP contribution in [0.1, 0.15) is 41.5 Å². The number of likely N-dealkylation sites (N-methyl/N-ethyl adjacent to an activating group) is 1. The molecule has 3 nitrogen and oxygen atoms in total. The van der Waals surface area contributed by atoms with Gasteiger partial charge in [0, 0.05) is 23.9 Å². The summed E-state index contributed by atoms with van der Waals surface area (Å²) >= 11 is 0. The molecule has 2 rings (SSSR count). The zero-order valence-corrected chi connectivity index (χ0v) is 15.0. The summed E-state index contributed by atoms with van der Waals surface area (Å²) in [5.41, 5.74) is 0. The summed E-state index contributed by atoms with van der Waals surface area (Å²) in [5, 5.41) is 0. The Morgan fingerprint density at radius 1 is 0.857 bits per heavy atom. The monoisotopic (exact) mass is 297 g/mol.